The van der Waals surface area contributed by atoms with E-state index in [1.54, 1.807) is 0 Å². The molecule has 6 heteroatoms. The third-order valence-corrected chi connectivity index (χ3v) is 5.34. The minimum atomic E-state index is 0.245. The van der Waals surface area contributed by atoms with Gasteiger partial charge in [-0.2, -0.15) is 0 Å². The number of para-hydroxylation sites is 2. The molecule has 0 saturated carbocycles. The molecule has 0 unspecified atom stereocenters. The first-order valence-corrected chi connectivity index (χ1v) is 9.58. The second-order valence-corrected chi connectivity index (χ2v) is 7.27. The van der Waals surface area contributed by atoms with E-state index in [-0.39, 0.29) is 6.79 Å². The minimum absolute atomic E-state index is 0.245. The Balaban J connectivity index is 1.67. The lowest BCUT2D eigenvalue weighted by Gasteiger charge is -2.10. The van der Waals surface area contributed by atoms with Crippen molar-refractivity contribution < 1.29 is 9.47 Å². The number of nitrogens with zero attached hydrogens (tertiary/aromatic N) is 3. The summed E-state index contributed by atoms with van der Waals surface area (Å²) in [6.07, 6.45) is 0. The van der Waals surface area contributed by atoms with Crippen LogP contribution in [0.5, 0.6) is 11.5 Å². The second-order valence-electron chi connectivity index (χ2n) is 6.84. The van der Waals surface area contributed by atoms with Crippen LogP contribution >= 0.6 is 11.6 Å². The number of hydrogen-bond acceptors (Lipinski definition) is 4. The fourth-order valence-electron chi connectivity index (χ4n) is 3.70. The van der Waals surface area contributed by atoms with Crippen LogP contribution in [0, 0.1) is 0 Å². The molecule has 0 spiro atoms. The van der Waals surface area contributed by atoms with Crippen molar-refractivity contribution in [3.63, 3.8) is 0 Å². The largest absolute Gasteiger partial charge is 0.454 e. The summed E-state index contributed by atoms with van der Waals surface area (Å²) in [5.41, 5.74) is 5.69. The summed E-state index contributed by atoms with van der Waals surface area (Å²) < 4.78 is 13.1. The van der Waals surface area contributed by atoms with E-state index in [4.69, 9.17) is 31.0 Å². The molecule has 5 aromatic rings. The highest BCUT2D eigenvalue weighted by atomic mass is 35.5. The van der Waals surface area contributed by atoms with Gasteiger partial charge in [0, 0.05) is 16.1 Å². The van der Waals surface area contributed by atoms with E-state index in [9.17, 15) is 0 Å². The van der Waals surface area contributed by atoms with Gasteiger partial charge in [0.15, 0.2) is 11.5 Å². The Labute approximate surface area is 171 Å². The van der Waals surface area contributed by atoms with E-state index in [0.29, 0.717) is 10.8 Å². The van der Waals surface area contributed by atoms with Gasteiger partial charge in [0.2, 0.25) is 12.6 Å². The average molecular weight is 400 g/mol. The molecule has 0 atom stereocenters. The van der Waals surface area contributed by atoms with Crippen LogP contribution in [0.3, 0.4) is 0 Å². The quantitative estimate of drug-likeness (QED) is 0.387. The van der Waals surface area contributed by atoms with Gasteiger partial charge in [-0.05, 0) is 48.5 Å². The van der Waals surface area contributed by atoms with Crippen molar-refractivity contribution in [2.75, 3.05) is 6.79 Å². The minimum Gasteiger partial charge on any atom is -0.454 e. The molecule has 0 radical (unpaired) electrons. The lowest BCUT2D eigenvalue weighted by atomic mass is 10.1. The molecule has 1 aliphatic heterocycles. The van der Waals surface area contributed by atoms with E-state index in [1.807, 2.05) is 60.7 Å². The Morgan fingerprint density at radius 1 is 0.793 bits per heavy atom. The van der Waals surface area contributed by atoms with E-state index >= 15 is 0 Å². The first kappa shape index (κ1) is 16.4. The maximum absolute atomic E-state index is 6.07. The molecule has 0 bridgehead atoms. The fraction of sp³-hybridized carbons (Fsp3) is 0.0435. The Morgan fingerprint density at radius 2 is 1.59 bits per heavy atom. The first-order valence-electron chi connectivity index (χ1n) is 9.20. The summed E-state index contributed by atoms with van der Waals surface area (Å²) in [5, 5.41) is 0.692. The molecule has 29 heavy (non-hydrogen) atoms. The summed E-state index contributed by atoms with van der Waals surface area (Å²) in [6.45, 7) is 0.245. The highest BCUT2D eigenvalue weighted by Gasteiger charge is 2.18. The summed E-state index contributed by atoms with van der Waals surface area (Å²) in [6, 6.07) is 23.7. The van der Waals surface area contributed by atoms with Crippen LogP contribution in [0.15, 0.2) is 72.8 Å². The number of imidazole rings is 1. The number of aromatic nitrogens is 3. The number of ether oxygens (including phenoxy) is 2. The molecule has 0 aliphatic carbocycles. The van der Waals surface area contributed by atoms with Crippen molar-refractivity contribution in [3.05, 3.63) is 77.8 Å². The Hall–Kier alpha value is -3.57. The predicted octanol–water partition coefficient (Wildman–Crippen LogP) is 5.60. The molecule has 1 aliphatic rings. The van der Waals surface area contributed by atoms with Gasteiger partial charge in [0.05, 0.1) is 22.4 Å². The summed E-state index contributed by atoms with van der Waals surface area (Å²) in [7, 11) is 0. The average Bonchev–Trinajstić information content (AvgIpc) is 3.37. The number of rotatable bonds is 2. The predicted molar refractivity (Wildman–Crippen MR) is 112 cm³/mol. The van der Waals surface area contributed by atoms with Gasteiger partial charge < -0.3 is 9.47 Å². The zero-order valence-corrected chi connectivity index (χ0v) is 15.9. The third-order valence-electron chi connectivity index (χ3n) is 5.09. The normalized spacial score (nSPS) is 12.7. The molecule has 3 aromatic carbocycles. The molecule has 3 heterocycles. The molecule has 5 nitrogen and oxygen atoms in total. The lowest BCUT2D eigenvalue weighted by molar-refractivity contribution is 0.174. The molecular weight excluding hydrogens is 386 g/mol. The smallest absolute Gasteiger partial charge is 0.235 e. The summed E-state index contributed by atoms with van der Waals surface area (Å²) in [5.74, 6) is 2.14. The third kappa shape index (κ3) is 2.62. The van der Waals surface area contributed by atoms with Gasteiger partial charge in [-0.25, -0.2) is 9.97 Å². The standard InChI is InChI=1S/C23H14ClN3O2/c24-16-8-5-14(6-9-16)18-12-20(15-7-10-21-22(11-15)29-13-28-21)27-19-4-2-1-3-17(19)25-23(27)26-18/h1-12H,13H2. The van der Waals surface area contributed by atoms with E-state index in [2.05, 4.69) is 16.5 Å². The van der Waals surface area contributed by atoms with Crippen LogP contribution in [0.2, 0.25) is 5.02 Å². The van der Waals surface area contributed by atoms with Crippen LogP contribution in [-0.2, 0) is 0 Å². The van der Waals surface area contributed by atoms with Crippen LogP contribution in [0.25, 0.3) is 39.3 Å². The van der Waals surface area contributed by atoms with Crippen LogP contribution < -0.4 is 9.47 Å². The molecule has 0 amide bonds. The Morgan fingerprint density at radius 3 is 2.48 bits per heavy atom. The van der Waals surface area contributed by atoms with Crippen LogP contribution in [-0.4, -0.2) is 21.2 Å². The van der Waals surface area contributed by atoms with Gasteiger partial charge >= 0.3 is 0 Å². The Kier molecular flexibility index (Phi) is 3.52. The van der Waals surface area contributed by atoms with Gasteiger partial charge in [0.25, 0.3) is 0 Å². The topological polar surface area (TPSA) is 48.7 Å². The Bertz CT molecular complexity index is 1390. The lowest BCUT2D eigenvalue weighted by Crippen LogP contribution is -1.97. The van der Waals surface area contributed by atoms with Gasteiger partial charge in [0.1, 0.15) is 0 Å². The van der Waals surface area contributed by atoms with Crippen molar-refractivity contribution >= 4 is 28.4 Å². The van der Waals surface area contributed by atoms with Gasteiger partial charge in [-0.3, -0.25) is 4.40 Å². The highest BCUT2D eigenvalue weighted by Crippen LogP contribution is 2.37. The van der Waals surface area contributed by atoms with Crippen LogP contribution in [0.1, 0.15) is 0 Å². The van der Waals surface area contributed by atoms with Crippen molar-refractivity contribution in [1.82, 2.24) is 14.4 Å². The van der Waals surface area contributed by atoms with Crippen molar-refractivity contribution in [2.24, 2.45) is 0 Å². The van der Waals surface area contributed by atoms with E-state index < -0.39 is 0 Å². The summed E-state index contributed by atoms with van der Waals surface area (Å²) >= 11 is 6.07. The highest BCUT2D eigenvalue weighted by molar-refractivity contribution is 6.30. The molecule has 140 valence electrons. The zero-order valence-electron chi connectivity index (χ0n) is 15.2. The summed E-state index contributed by atoms with van der Waals surface area (Å²) in [4.78, 5) is 9.57. The maximum Gasteiger partial charge on any atom is 0.235 e. The molecule has 0 N–H and O–H groups in total. The molecule has 0 saturated heterocycles. The monoisotopic (exact) mass is 399 g/mol. The zero-order chi connectivity index (χ0) is 19.4. The molecular formula is C23H14ClN3O2. The number of hydrogen-bond donors (Lipinski definition) is 0. The number of halogens is 1. The number of benzene rings is 3. The fourth-order valence-corrected chi connectivity index (χ4v) is 3.82. The van der Waals surface area contributed by atoms with Crippen LogP contribution in [0.4, 0.5) is 0 Å². The van der Waals surface area contributed by atoms with E-state index in [1.165, 1.54) is 0 Å². The van der Waals surface area contributed by atoms with Crippen molar-refractivity contribution in [2.45, 2.75) is 0 Å². The van der Waals surface area contributed by atoms with Crippen molar-refractivity contribution in [1.29, 1.82) is 0 Å². The first-order chi connectivity index (χ1) is 14.3. The molecule has 2 aromatic heterocycles. The SMILES string of the molecule is Clc1ccc(-c2cc(-c3ccc4c(c3)OCO4)n3c(n2)nc2ccccc23)cc1. The van der Waals surface area contributed by atoms with Gasteiger partial charge in [-0.15, -0.1) is 0 Å². The number of fused-ring (bicyclic) bond motifs is 4. The molecule has 0 fully saturated rings. The van der Waals surface area contributed by atoms with Gasteiger partial charge in [-0.1, -0.05) is 35.9 Å². The maximum atomic E-state index is 6.07. The van der Waals surface area contributed by atoms with E-state index in [0.717, 1.165) is 45.0 Å². The second kappa shape index (κ2) is 6.22. The molecule has 6 rings (SSSR count). The van der Waals surface area contributed by atoms with Crippen molar-refractivity contribution in [3.8, 4) is 34.0 Å².